The number of nitrogens with one attached hydrogen (secondary N) is 1. The summed E-state index contributed by atoms with van der Waals surface area (Å²) in [6, 6.07) is 17.4. The van der Waals surface area contributed by atoms with E-state index < -0.39 is 0 Å². The number of benzene rings is 2. The van der Waals surface area contributed by atoms with Crippen molar-refractivity contribution in [1.82, 2.24) is 10.2 Å². The molecule has 2 heterocycles. The highest BCUT2D eigenvalue weighted by molar-refractivity contribution is 5.83. The first-order valence-electron chi connectivity index (χ1n) is 9.05. The fourth-order valence-electron chi connectivity index (χ4n) is 3.79. The molecule has 0 aromatic heterocycles. The molecule has 1 saturated heterocycles. The zero-order valence-corrected chi connectivity index (χ0v) is 14.6. The summed E-state index contributed by atoms with van der Waals surface area (Å²) in [7, 11) is 0. The molecule has 2 aromatic rings. The molecule has 2 amide bonds. The number of nitrogens with zero attached hydrogens (tertiary/aromatic N) is 1. The quantitative estimate of drug-likeness (QED) is 0.904. The molecule has 5 nitrogen and oxygen atoms in total. The van der Waals surface area contributed by atoms with Crippen LogP contribution in [0.15, 0.2) is 54.6 Å². The molecule has 134 valence electrons. The van der Waals surface area contributed by atoms with Gasteiger partial charge in [0.2, 0.25) is 11.8 Å². The summed E-state index contributed by atoms with van der Waals surface area (Å²) in [5.74, 6) is 0.692. The number of carbonyl (C=O) groups is 2. The number of rotatable bonds is 2. The van der Waals surface area contributed by atoms with Gasteiger partial charge in [0.05, 0.1) is 18.4 Å². The Kier molecular flexibility index (Phi) is 4.61. The molecule has 2 atom stereocenters. The average molecular weight is 350 g/mol. The van der Waals surface area contributed by atoms with Crippen LogP contribution in [-0.4, -0.2) is 36.4 Å². The molecule has 0 aliphatic carbocycles. The minimum absolute atomic E-state index is 0.0145. The summed E-state index contributed by atoms with van der Waals surface area (Å²) >= 11 is 0. The Labute approximate surface area is 153 Å². The maximum atomic E-state index is 13.3. The van der Waals surface area contributed by atoms with Crippen molar-refractivity contribution in [1.29, 1.82) is 0 Å². The highest BCUT2D eigenvalue weighted by atomic mass is 16.5. The fraction of sp³-hybridized carbons (Fsp3) is 0.333. The molecule has 0 bridgehead atoms. The second kappa shape index (κ2) is 7.20. The second-order valence-corrected chi connectivity index (χ2v) is 6.83. The Morgan fingerprint density at radius 2 is 1.81 bits per heavy atom. The Bertz CT molecular complexity index is 806. The molecule has 4 rings (SSSR count). The van der Waals surface area contributed by atoms with Gasteiger partial charge in [0, 0.05) is 13.1 Å². The molecule has 0 radical (unpaired) electrons. The van der Waals surface area contributed by atoms with Gasteiger partial charge >= 0.3 is 0 Å². The maximum absolute atomic E-state index is 13.3. The van der Waals surface area contributed by atoms with Crippen LogP contribution >= 0.6 is 0 Å². The van der Waals surface area contributed by atoms with Crippen LogP contribution in [0, 0.1) is 5.92 Å². The first-order chi connectivity index (χ1) is 12.7. The van der Waals surface area contributed by atoms with Gasteiger partial charge in [0.1, 0.15) is 12.4 Å². The fourth-order valence-corrected chi connectivity index (χ4v) is 3.79. The van der Waals surface area contributed by atoms with E-state index in [2.05, 4.69) is 5.32 Å². The number of hydrogen-bond acceptors (Lipinski definition) is 3. The zero-order valence-electron chi connectivity index (χ0n) is 14.6. The van der Waals surface area contributed by atoms with E-state index in [1.54, 1.807) is 0 Å². The smallest absolute Gasteiger partial charge is 0.230 e. The standard InChI is InChI=1S/C21H22N2O3/c24-20-13-18(15-6-2-1-3-7-15)23(11-10-22-20)21(25)17-12-16-8-4-5-9-19(16)26-14-17/h1-9,17-18H,10-14H2,(H,22,24)/t17-,18+/m0/s1. The van der Waals surface area contributed by atoms with Gasteiger partial charge in [0.25, 0.3) is 0 Å². The van der Waals surface area contributed by atoms with E-state index in [4.69, 9.17) is 4.74 Å². The number of carbonyl (C=O) groups excluding carboxylic acids is 2. The first-order valence-corrected chi connectivity index (χ1v) is 9.05. The summed E-state index contributed by atoms with van der Waals surface area (Å²) in [6.07, 6.45) is 0.967. The van der Waals surface area contributed by atoms with Crippen molar-refractivity contribution in [2.24, 2.45) is 5.92 Å². The van der Waals surface area contributed by atoms with Gasteiger partial charge in [-0.15, -0.1) is 0 Å². The van der Waals surface area contributed by atoms with Crippen molar-refractivity contribution < 1.29 is 14.3 Å². The van der Waals surface area contributed by atoms with Gasteiger partial charge in [-0.1, -0.05) is 48.5 Å². The van der Waals surface area contributed by atoms with Gasteiger partial charge in [-0.2, -0.15) is 0 Å². The van der Waals surface area contributed by atoms with Crippen LogP contribution in [0.1, 0.15) is 23.6 Å². The van der Waals surface area contributed by atoms with Crippen LogP contribution in [0.5, 0.6) is 5.75 Å². The molecule has 2 aromatic carbocycles. The summed E-state index contributed by atoms with van der Waals surface area (Å²) in [5, 5.41) is 2.88. The lowest BCUT2D eigenvalue weighted by Crippen LogP contribution is -2.43. The number of para-hydroxylation sites is 1. The van der Waals surface area contributed by atoms with E-state index in [-0.39, 0.29) is 23.8 Å². The molecule has 0 saturated carbocycles. The predicted molar refractivity (Wildman–Crippen MR) is 97.7 cm³/mol. The Morgan fingerprint density at radius 1 is 1.04 bits per heavy atom. The van der Waals surface area contributed by atoms with Gasteiger partial charge in [-0.25, -0.2) is 0 Å². The van der Waals surface area contributed by atoms with Gasteiger partial charge < -0.3 is 15.0 Å². The predicted octanol–water partition coefficient (Wildman–Crippen LogP) is 2.33. The Balaban J connectivity index is 1.59. The van der Waals surface area contributed by atoms with E-state index in [0.717, 1.165) is 16.9 Å². The van der Waals surface area contributed by atoms with Crippen LogP contribution in [0.2, 0.25) is 0 Å². The average Bonchev–Trinajstić information content (AvgIpc) is 2.89. The number of amides is 2. The molecular weight excluding hydrogens is 328 g/mol. The number of hydrogen-bond donors (Lipinski definition) is 1. The van der Waals surface area contributed by atoms with E-state index in [0.29, 0.717) is 32.5 Å². The number of ether oxygens (including phenoxy) is 1. The molecule has 2 aliphatic rings. The third kappa shape index (κ3) is 3.29. The monoisotopic (exact) mass is 350 g/mol. The van der Waals surface area contributed by atoms with Crippen LogP contribution in [0.3, 0.4) is 0 Å². The Morgan fingerprint density at radius 3 is 2.65 bits per heavy atom. The molecule has 26 heavy (non-hydrogen) atoms. The van der Waals surface area contributed by atoms with Crippen LogP contribution < -0.4 is 10.1 Å². The summed E-state index contributed by atoms with van der Waals surface area (Å²) in [4.78, 5) is 27.3. The van der Waals surface area contributed by atoms with Gasteiger partial charge in [-0.3, -0.25) is 9.59 Å². The second-order valence-electron chi connectivity index (χ2n) is 6.83. The molecule has 2 aliphatic heterocycles. The van der Waals surface area contributed by atoms with E-state index >= 15 is 0 Å². The topological polar surface area (TPSA) is 58.6 Å². The highest BCUT2D eigenvalue weighted by Gasteiger charge is 2.35. The van der Waals surface area contributed by atoms with Crippen LogP contribution in [0.25, 0.3) is 0 Å². The molecule has 0 unspecified atom stereocenters. The van der Waals surface area contributed by atoms with Gasteiger partial charge in [-0.05, 0) is 23.6 Å². The largest absolute Gasteiger partial charge is 0.492 e. The van der Waals surface area contributed by atoms with E-state index in [9.17, 15) is 9.59 Å². The van der Waals surface area contributed by atoms with Crippen molar-refractivity contribution in [2.45, 2.75) is 18.9 Å². The van der Waals surface area contributed by atoms with Crippen molar-refractivity contribution in [3.63, 3.8) is 0 Å². The summed E-state index contributed by atoms with van der Waals surface area (Å²) in [5.41, 5.74) is 2.06. The minimum atomic E-state index is -0.233. The lowest BCUT2D eigenvalue weighted by molar-refractivity contribution is -0.139. The van der Waals surface area contributed by atoms with Crippen LogP contribution in [0.4, 0.5) is 0 Å². The minimum Gasteiger partial charge on any atom is -0.492 e. The third-order valence-electron chi connectivity index (χ3n) is 5.13. The number of fused-ring (bicyclic) bond motifs is 1. The normalized spacial score (nSPS) is 22.6. The molecular formula is C21H22N2O3. The van der Waals surface area contributed by atoms with E-state index in [1.807, 2.05) is 59.5 Å². The third-order valence-corrected chi connectivity index (χ3v) is 5.13. The molecule has 1 fully saturated rings. The molecule has 0 spiro atoms. The SMILES string of the molecule is O=C1C[C@H](c2ccccc2)N(C(=O)[C@@H]2COc3ccccc3C2)CCN1. The van der Waals surface area contributed by atoms with Gasteiger partial charge in [0.15, 0.2) is 0 Å². The lowest BCUT2D eigenvalue weighted by atomic mass is 9.93. The first kappa shape index (κ1) is 16.6. The van der Waals surface area contributed by atoms with Crippen molar-refractivity contribution in [3.05, 3.63) is 65.7 Å². The van der Waals surface area contributed by atoms with E-state index in [1.165, 1.54) is 0 Å². The molecule has 1 N–H and O–H groups in total. The van der Waals surface area contributed by atoms with Crippen LogP contribution in [-0.2, 0) is 16.0 Å². The summed E-state index contributed by atoms with van der Waals surface area (Å²) in [6.45, 7) is 1.38. The Hall–Kier alpha value is -2.82. The summed E-state index contributed by atoms with van der Waals surface area (Å²) < 4.78 is 5.81. The lowest BCUT2D eigenvalue weighted by Gasteiger charge is -2.34. The molecule has 5 heteroatoms. The van der Waals surface area contributed by atoms with Crippen molar-refractivity contribution in [2.75, 3.05) is 19.7 Å². The highest BCUT2D eigenvalue weighted by Crippen LogP contribution is 2.31. The zero-order chi connectivity index (χ0) is 17.9. The van der Waals surface area contributed by atoms with Crippen molar-refractivity contribution in [3.8, 4) is 5.75 Å². The van der Waals surface area contributed by atoms with Crippen molar-refractivity contribution >= 4 is 11.8 Å². The maximum Gasteiger partial charge on any atom is 0.230 e.